The second-order valence-electron chi connectivity index (χ2n) is 5.36. The summed E-state index contributed by atoms with van der Waals surface area (Å²) in [6.45, 7) is 3.39. The molecule has 3 heteroatoms. The van der Waals surface area contributed by atoms with Crippen molar-refractivity contribution < 1.29 is 0 Å². The predicted molar refractivity (Wildman–Crippen MR) is 77.9 cm³/mol. The van der Waals surface area contributed by atoms with Crippen molar-refractivity contribution in [3.05, 3.63) is 42.7 Å². The molecule has 0 aliphatic carbocycles. The Hall–Kier alpha value is -1.61. The molecule has 2 aromatic rings. The molecule has 100 valence electrons. The summed E-state index contributed by atoms with van der Waals surface area (Å²) in [7, 11) is 0. The van der Waals surface area contributed by atoms with Gasteiger partial charge in [0.25, 0.3) is 0 Å². The Morgan fingerprint density at radius 2 is 2.11 bits per heavy atom. The van der Waals surface area contributed by atoms with Crippen LogP contribution < -0.4 is 5.32 Å². The average molecular weight is 255 g/mol. The molecule has 1 aromatic carbocycles. The van der Waals surface area contributed by atoms with Crippen molar-refractivity contribution in [1.82, 2.24) is 15.1 Å². The van der Waals surface area contributed by atoms with E-state index < -0.39 is 0 Å². The van der Waals surface area contributed by atoms with Crippen LogP contribution >= 0.6 is 0 Å². The van der Waals surface area contributed by atoms with Gasteiger partial charge in [-0.05, 0) is 43.8 Å². The zero-order valence-corrected chi connectivity index (χ0v) is 11.3. The smallest absolute Gasteiger partial charge is 0.0568 e. The normalized spacial score (nSPS) is 19.5. The van der Waals surface area contributed by atoms with Crippen LogP contribution in [0.1, 0.15) is 19.3 Å². The van der Waals surface area contributed by atoms with Gasteiger partial charge in [-0.15, -0.1) is 0 Å². The van der Waals surface area contributed by atoms with E-state index in [0.717, 1.165) is 12.5 Å². The van der Waals surface area contributed by atoms with Gasteiger partial charge in [0.2, 0.25) is 0 Å². The minimum absolute atomic E-state index is 0.818. The first kappa shape index (κ1) is 12.4. The summed E-state index contributed by atoms with van der Waals surface area (Å²) in [5.41, 5.74) is 2.45. The van der Waals surface area contributed by atoms with Crippen molar-refractivity contribution in [2.75, 3.05) is 13.1 Å². The average Bonchev–Trinajstić information content (AvgIpc) is 2.96. The van der Waals surface area contributed by atoms with E-state index in [9.17, 15) is 0 Å². The van der Waals surface area contributed by atoms with Gasteiger partial charge in [0.15, 0.2) is 0 Å². The zero-order chi connectivity index (χ0) is 12.9. The van der Waals surface area contributed by atoms with E-state index in [2.05, 4.69) is 45.6 Å². The van der Waals surface area contributed by atoms with Crippen LogP contribution in [0.2, 0.25) is 0 Å². The highest BCUT2D eigenvalue weighted by molar-refractivity contribution is 5.61. The van der Waals surface area contributed by atoms with Crippen LogP contribution in [0.3, 0.4) is 0 Å². The Morgan fingerprint density at radius 1 is 1.21 bits per heavy atom. The van der Waals surface area contributed by atoms with Crippen molar-refractivity contribution in [3.63, 3.8) is 0 Å². The largest absolute Gasteiger partial charge is 0.316 e. The molecule has 1 aliphatic rings. The third-order valence-corrected chi connectivity index (χ3v) is 3.91. The monoisotopic (exact) mass is 255 g/mol. The molecular formula is C16H21N3. The molecule has 0 saturated carbocycles. The van der Waals surface area contributed by atoms with Crippen LogP contribution in [-0.4, -0.2) is 22.9 Å². The van der Waals surface area contributed by atoms with E-state index in [1.807, 2.05) is 12.3 Å². The molecule has 3 rings (SSSR count). The van der Waals surface area contributed by atoms with Crippen LogP contribution in [0, 0.1) is 5.92 Å². The maximum atomic E-state index is 4.47. The zero-order valence-electron chi connectivity index (χ0n) is 11.3. The molecule has 0 amide bonds. The highest BCUT2D eigenvalue weighted by Crippen LogP contribution is 2.19. The van der Waals surface area contributed by atoms with Crippen molar-refractivity contribution in [3.8, 4) is 11.1 Å². The van der Waals surface area contributed by atoms with Crippen LogP contribution in [0.25, 0.3) is 11.1 Å². The molecule has 19 heavy (non-hydrogen) atoms. The van der Waals surface area contributed by atoms with Crippen LogP contribution in [0.4, 0.5) is 0 Å². The first-order valence-corrected chi connectivity index (χ1v) is 7.20. The third kappa shape index (κ3) is 3.24. The Kier molecular flexibility index (Phi) is 3.94. The number of benzene rings is 1. The number of nitrogens with one attached hydrogen (secondary N) is 1. The van der Waals surface area contributed by atoms with Crippen molar-refractivity contribution >= 4 is 0 Å². The maximum absolute atomic E-state index is 4.47. The molecule has 1 unspecified atom stereocenters. The van der Waals surface area contributed by atoms with Gasteiger partial charge in [0.1, 0.15) is 0 Å². The Morgan fingerprint density at radius 3 is 2.89 bits per heavy atom. The molecule has 1 saturated heterocycles. The molecule has 0 spiro atoms. The van der Waals surface area contributed by atoms with Crippen LogP contribution in [0.5, 0.6) is 0 Å². The molecule has 0 bridgehead atoms. The fraction of sp³-hybridized carbons (Fsp3) is 0.438. The van der Waals surface area contributed by atoms with Crippen LogP contribution in [-0.2, 0) is 6.54 Å². The summed E-state index contributed by atoms with van der Waals surface area (Å²) in [5.74, 6) is 0.818. The fourth-order valence-electron chi connectivity index (χ4n) is 2.75. The van der Waals surface area contributed by atoms with Gasteiger partial charge in [-0.2, -0.15) is 5.10 Å². The highest BCUT2D eigenvalue weighted by atomic mass is 15.3. The van der Waals surface area contributed by atoms with Gasteiger partial charge in [-0.1, -0.05) is 30.3 Å². The first-order chi connectivity index (χ1) is 9.42. The van der Waals surface area contributed by atoms with Gasteiger partial charge in [-0.25, -0.2) is 0 Å². The first-order valence-electron chi connectivity index (χ1n) is 7.20. The SMILES string of the molecule is c1ccc(-c2cnn(CCC3CCCNC3)c2)cc1. The van der Waals surface area contributed by atoms with Crippen molar-refractivity contribution in [1.29, 1.82) is 0 Å². The number of aryl methyl sites for hydroxylation is 1. The Balaban J connectivity index is 1.59. The molecule has 3 nitrogen and oxygen atoms in total. The Bertz CT molecular complexity index is 498. The number of hydrogen-bond donors (Lipinski definition) is 1. The summed E-state index contributed by atoms with van der Waals surface area (Å²) in [6, 6.07) is 10.4. The van der Waals surface area contributed by atoms with Crippen LogP contribution in [0.15, 0.2) is 42.7 Å². The van der Waals surface area contributed by atoms with E-state index >= 15 is 0 Å². The number of aromatic nitrogens is 2. The summed E-state index contributed by atoms with van der Waals surface area (Å²) >= 11 is 0. The molecule has 0 radical (unpaired) electrons. The minimum atomic E-state index is 0.818. The van der Waals surface area contributed by atoms with E-state index in [1.165, 1.54) is 43.5 Å². The second kappa shape index (κ2) is 6.02. The number of hydrogen-bond acceptors (Lipinski definition) is 2. The fourth-order valence-corrected chi connectivity index (χ4v) is 2.75. The van der Waals surface area contributed by atoms with E-state index in [1.54, 1.807) is 0 Å². The summed E-state index contributed by atoms with van der Waals surface area (Å²) in [5, 5.41) is 7.95. The van der Waals surface area contributed by atoms with E-state index in [4.69, 9.17) is 0 Å². The van der Waals surface area contributed by atoms with E-state index in [-0.39, 0.29) is 0 Å². The van der Waals surface area contributed by atoms with Crippen molar-refractivity contribution in [2.45, 2.75) is 25.8 Å². The standard InChI is InChI=1S/C16H21N3/c1-2-6-15(7-3-1)16-12-18-19(13-16)10-8-14-5-4-9-17-11-14/h1-3,6-7,12-14,17H,4-5,8-11H2. The van der Waals surface area contributed by atoms with Gasteiger partial charge in [-0.3, -0.25) is 4.68 Å². The molecule has 2 heterocycles. The van der Waals surface area contributed by atoms with Gasteiger partial charge in [0.05, 0.1) is 6.20 Å². The predicted octanol–water partition coefficient (Wildman–Crippen LogP) is 2.94. The third-order valence-electron chi connectivity index (χ3n) is 3.91. The topological polar surface area (TPSA) is 29.9 Å². The Labute approximate surface area is 114 Å². The van der Waals surface area contributed by atoms with Gasteiger partial charge in [0, 0.05) is 18.3 Å². The maximum Gasteiger partial charge on any atom is 0.0568 e. The van der Waals surface area contributed by atoms with Crippen molar-refractivity contribution in [2.24, 2.45) is 5.92 Å². The molecule has 1 atom stereocenters. The van der Waals surface area contributed by atoms with Gasteiger partial charge >= 0.3 is 0 Å². The lowest BCUT2D eigenvalue weighted by atomic mass is 9.96. The molecule has 1 fully saturated rings. The molecule has 1 aromatic heterocycles. The van der Waals surface area contributed by atoms with E-state index in [0.29, 0.717) is 0 Å². The lowest BCUT2D eigenvalue weighted by Gasteiger charge is -2.22. The minimum Gasteiger partial charge on any atom is -0.316 e. The second-order valence-corrected chi connectivity index (χ2v) is 5.36. The highest BCUT2D eigenvalue weighted by Gasteiger charge is 2.12. The molecular weight excluding hydrogens is 234 g/mol. The lowest BCUT2D eigenvalue weighted by Crippen LogP contribution is -2.30. The summed E-state index contributed by atoms with van der Waals surface area (Å²) < 4.78 is 2.08. The lowest BCUT2D eigenvalue weighted by molar-refractivity contribution is 0.336. The summed E-state index contributed by atoms with van der Waals surface area (Å²) in [6.07, 6.45) is 8.03. The summed E-state index contributed by atoms with van der Waals surface area (Å²) in [4.78, 5) is 0. The number of rotatable bonds is 4. The number of piperidine rings is 1. The molecule has 1 N–H and O–H groups in total. The number of nitrogens with zero attached hydrogens (tertiary/aromatic N) is 2. The quantitative estimate of drug-likeness (QED) is 0.910. The molecule has 1 aliphatic heterocycles. The van der Waals surface area contributed by atoms with Gasteiger partial charge < -0.3 is 5.32 Å².